The van der Waals surface area contributed by atoms with Gasteiger partial charge in [-0.2, -0.15) is 0 Å². The summed E-state index contributed by atoms with van der Waals surface area (Å²) in [6, 6.07) is 5.12. The molecule has 0 unspecified atom stereocenters. The van der Waals surface area contributed by atoms with Gasteiger partial charge in [-0.25, -0.2) is 4.79 Å². The molecule has 6 nitrogen and oxygen atoms in total. The Morgan fingerprint density at radius 2 is 2.10 bits per heavy atom. The number of hydrogen-bond acceptors (Lipinski definition) is 4. The largest absolute Gasteiger partial charge is 0.484 e. The van der Waals surface area contributed by atoms with Gasteiger partial charge in [-0.3, -0.25) is 4.79 Å². The molecule has 0 fully saturated rings. The third-order valence-electron chi connectivity index (χ3n) is 2.29. The summed E-state index contributed by atoms with van der Waals surface area (Å²) in [5.74, 6) is -0.761. The normalized spacial score (nSPS) is 10.1. The highest BCUT2D eigenvalue weighted by atomic mass is 35.5. The van der Waals surface area contributed by atoms with Crippen LogP contribution in [0, 0.1) is 6.92 Å². The molecule has 7 heteroatoms. The lowest BCUT2D eigenvalue weighted by Gasteiger charge is -2.09. The fourth-order valence-electron chi connectivity index (χ4n) is 1.39. The van der Waals surface area contributed by atoms with Crippen LogP contribution in [0.2, 0.25) is 5.02 Å². The lowest BCUT2D eigenvalue weighted by molar-refractivity contribution is -0.142. The number of rotatable bonds is 8. The van der Waals surface area contributed by atoms with Gasteiger partial charge in [-0.15, -0.1) is 0 Å². The van der Waals surface area contributed by atoms with E-state index < -0.39 is 5.97 Å². The number of carboxylic acids is 1. The molecule has 0 saturated carbocycles. The molecule has 0 aliphatic heterocycles. The van der Waals surface area contributed by atoms with Crippen molar-refractivity contribution in [3.63, 3.8) is 0 Å². The Balaban J connectivity index is 2.21. The number of ether oxygens (including phenoxy) is 2. The Kier molecular flexibility index (Phi) is 6.83. The summed E-state index contributed by atoms with van der Waals surface area (Å²) >= 11 is 5.81. The van der Waals surface area contributed by atoms with E-state index >= 15 is 0 Å². The van der Waals surface area contributed by atoms with Crippen molar-refractivity contribution in [2.24, 2.45) is 0 Å². The number of benzene rings is 1. The minimum Gasteiger partial charge on any atom is -0.484 e. The average molecular weight is 302 g/mol. The standard InChI is InChI=1S/C13H16ClNO5/c1-9-6-10(14)2-3-11(9)20-7-12(16)15-4-5-19-8-13(17)18/h2-3,6H,4-5,7-8H2,1H3,(H,15,16)(H,17,18). The monoisotopic (exact) mass is 301 g/mol. The zero-order valence-corrected chi connectivity index (χ0v) is 11.8. The van der Waals surface area contributed by atoms with Crippen LogP contribution in [0.1, 0.15) is 5.56 Å². The van der Waals surface area contributed by atoms with Gasteiger partial charge in [0.15, 0.2) is 6.61 Å². The molecular weight excluding hydrogens is 286 g/mol. The van der Waals surface area contributed by atoms with Crippen molar-refractivity contribution < 1.29 is 24.2 Å². The molecule has 0 aliphatic carbocycles. The zero-order chi connectivity index (χ0) is 15.0. The Morgan fingerprint density at radius 1 is 1.35 bits per heavy atom. The quantitative estimate of drug-likeness (QED) is 0.706. The van der Waals surface area contributed by atoms with Crippen LogP contribution in [0.3, 0.4) is 0 Å². The first-order valence-corrected chi connectivity index (χ1v) is 6.32. The SMILES string of the molecule is Cc1cc(Cl)ccc1OCC(=O)NCCOCC(=O)O. The van der Waals surface area contributed by atoms with Crippen LogP contribution in [0.5, 0.6) is 5.75 Å². The number of amides is 1. The molecule has 110 valence electrons. The lowest BCUT2D eigenvalue weighted by atomic mass is 10.2. The summed E-state index contributed by atoms with van der Waals surface area (Å²) < 4.78 is 10.1. The first-order chi connectivity index (χ1) is 9.49. The number of aryl methyl sites for hydroxylation is 1. The molecule has 0 atom stereocenters. The topological polar surface area (TPSA) is 84.9 Å². The minimum atomic E-state index is -1.04. The van der Waals surface area contributed by atoms with Gasteiger partial charge in [0.2, 0.25) is 0 Å². The van der Waals surface area contributed by atoms with Gasteiger partial charge < -0.3 is 19.9 Å². The second-order valence-electron chi connectivity index (χ2n) is 3.99. The van der Waals surface area contributed by atoms with E-state index in [1.54, 1.807) is 18.2 Å². The van der Waals surface area contributed by atoms with E-state index in [-0.39, 0.29) is 32.3 Å². The van der Waals surface area contributed by atoms with Crippen LogP contribution in [0.25, 0.3) is 0 Å². The Labute approximate surface area is 121 Å². The third-order valence-corrected chi connectivity index (χ3v) is 2.52. The van der Waals surface area contributed by atoms with E-state index in [1.165, 1.54) is 0 Å². The second-order valence-corrected chi connectivity index (χ2v) is 4.43. The minimum absolute atomic E-state index is 0.124. The van der Waals surface area contributed by atoms with Crippen molar-refractivity contribution in [3.05, 3.63) is 28.8 Å². The van der Waals surface area contributed by atoms with Crippen molar-refractivity contribution in [2.45, 2.75) is 6.92 Å². The van der Waals surface area contributed by atoms with Crippen molar-refractivity contribution in [2.75, 3.05) is 26.4 Å². The van der Waals surface area contributed by atoms with E-state index in [9.17, 15) is 9.59 Å². The molecule has 2 N–H and O–H groups in total. The molecule has 20 heavy (non-hydrogen) atoms. The number of carboxylic acid groups (broad SMARTS) is 1. The molecule has 0 heterocycles. The lowest BCUT2D eigenvalue weighted by Crippen LogP contribution is -2.32. The molecule has 1 amide bonds. The van der Waals surface area contributed by atoms with Gasteiger partial charge in [-0.05, 0) is 30.7 Å². The van der Waals surface area contributed by atoms with E-state index in [0.717, 1.165) is 5.56 Å². The van der Waals surface area contributed by atoms with E-state index in [2.05, 4.69) is 5.32 Å². The first kappa shape index (κ1) is 16.3. The number of halogens is 1. The number of carbonyl (C=O) groups is 2. The summed E-state index contributed by atoms with van der Waals surface area (Å²) in [4.78, 5) is 21.6. The smallest absolute Gasteiger partial charge is 0.329 e. The van der Waals surface area contributed by atoms with Gasteiger partial charge in [0.25, 0.3) is 5.91 Å². The molecule has 0 saturated heterocycles. The fraction of sp³-hybridized carbons (Fsp3) is 0.385. The number of carbonyl (C=O) groups excluding carboxylic acids is 1. The molecule has 0 bridgehead atoms. The highest BCUT2D eigenvalue weighted by molar-refractivity contribution is 6.30. The van der Waals surface area contributed by atoms with Crippen LogP contribution in [0.15, 0.2) is 18.2 Å². The maximum absolute atomic E-state index is 11.5. The molecule has 0 radical (unpaired) electrons. The molecular formula is C13H16ClNO5. The van der Waals surface area contributed by atoms with Crippen molar-refractivity contribution in [3.8, 4) is 5.75 Å². The van der Waals surface area contributed by atoms with E-state index in [0.29, 0.717) is 10.8 Å². The number of aliphatic carboxylic acids is 1. The van der Waals surface area contributed by atoms with Crippen LogP contribution in [0.4, 0.5) is 0 Å². The van der Waals surface area contributed by atoms with E-state index in [4.69, 9.17) is 26.2 Å². The van der Waals surface area contributed by atoms with Crippen LogP contribution in [-0.2, 0) is 14.3 Å². The molecule has 0 aliphatic rings. The molecule has 1 aromatic rings. The molecule has 0 aromatic heterocycles. The van der Waals surface area contributed by atoms with Gasteiger partial charge in [0.1, 0.15) is 12.4 Å². The van der Waals surface area contributed by atoms with Gasteiger partial charge in [0.05, 0.1) is 6.61 Å². The second kappa shape index (κ2) is 8.39. The summed E-state index contributed by atoms with van der Waals surface area (Å²) in [5, 5.41) is 11.5. The average Bonchev–Trinajstić information content (AvgIpc) is 2.37. The van der Waals surface area contributed by atoms with E-state index in [1.807, 2.05) is 6.92 Å². The molecule has 0 spiro atoms. The summed E-state index contributed by atoms with van der Waals surface area (Å²) in [5.41, 5.74) is 0.843. The van der Waals surface area contributed by atoms with Crippen molar-refractivity contribution in [1.29, 1.82) is 0 Å². The van der Waals surface area contributed by atoms with Crippen LogP contribution < -0.4 is 10.1 Å². The van der Waals surface area contributed by atoms with Crippen LogP contribution >= 0.6 is 11.6 Å². The molecule has 1 rings (SSSR count). The predicted molar refractivity (Wildman–Crippen MR) is 73.1 cm³/mol. The maximum atomic E-state index is 11.5. The number of hydrogen-bond donors (Lipinski definition) is 2. The first-order valence-electron chi connectivity index (χ1n) is 5.94. The summed E-state index contributed by atoms with van der Waals surface area (Å²) in [7, 11) is 0. The van der Waals surface area contributed by atoms with Gasteiger partial charge >= 0.3 is 5.97 Å². The number of nitrogens with one attached hydrogen (secondary N) is 1. The third kappa shape index (κ3) is 6.40. The Bertz CT molecular complexity index is 478. The zero-order valence-electron chi connectivity index (χ0n) is 11.0. The predicted octanol–water partition coefficient (Wildman–Crippen LogP) is 1.24. The highest BCUT2D eigenvalue weighted by Crippen LogP contribution is 2.21. The van der Waals surface area contributed by atoms with Crippen LogP contribution in [-0.4, -0.2) is 43.3 Å². The summed E-state index contributed by atoms with van der Waals surface area (Å²) in [6.45, 7) is 1.70. The van der Waals surface area contributed by atoms with Gasteiger partial charge in [-0.1, -0.05) is 11.6 Å². The Morgan fingerprint density at radius 3 is 2.75 bits per heavy atom. The van der Waals surface area contributed by atoms with Crippen molar-refractivity contribution >= 4 is 23.5 Å². The Hall–Kier alpha value is -1.79. The summed E-state index contributed by atoms with van der Waals surface area (Å²) in [6.07, 6.45) is 0. The van der Waals surface area contributed by atoms with Gasteiger partial charge in [0, 0.05) is 11.6 Å². The highest BCUT2D eigenvalue weighted by Gasteiger charge is 2.05. The molecule has 1 aromatic carbocycles. The fourth-order valence-corrected chi connectivity index (χ4v) is 1.62. The van der Waals surface area contributed by atoms with Crippen molar-refractivity contribution in [1.82, 2.24) is 5.32 Å². The maximum Gasteiger partial charge on any atom is 0.329 e.